The first-order chi connectivity index (χ1) is 22.1. The number of fused-ring (bicyclic) bond motifs is 3. The van der Waals surface area contributed by atoms with Crippen molar-refractivity contribution in [2.75, 3.05) is 0 Å². The smallest absolute Gasteiger partial charge is 0.505 e. The van der Waals surface area contributed by atoms with E-state index in [9.17, 15) is 0 Å². The Morgan fingerprint density at radius 3 is 2.32 bits per heavy atom. The van der Waals surface area contributed by atoms with E-state index in [0.29, 0.717) is 28.8 Å². The first-order valence-electron chi connectivity index (χ1n) is 15.9. The van der Waals surface area contributed by atoms with Crippen LogP contribution in [0.3, 0.4) is 0 Å². The van der Waals surface area contributed by atoms with Crippen LogP contribution in [0.5, 0.6) is 0 Å². The first-order valence-corrected chi connectivity index (χ1v) is 14.4. The summed E-state index contributed by atoms with van der Waals surface area (Å²) in [6.45, 7) is 6.50. The van der Waals surface area contributed by atoms with Crippen LogP contribution in [0, 0.1) is 25.3 Å². The van der Waals surface area contributed by atoms with Crippen molar-refractivity contribution in [2.24, 2.45) is 0 Å². The maximum absolute atomic E-state index is 7.65. The minimum absolute atomic E-state index is 0. The molecule has 220 valence electrons. The number of benzene rings is 3. The molecular formula is C38H34IrN4O+. The topological polar surface area (TPSA) is 47.7 Å². The summed E-state index contributed by atoms with van der Waals surface area (Å²) >= 11 is 0. The largest absolute Gasteiger partial charge is 3.00 e. The predicted molar refractivity (Wildman–Crippen MR) is 171 cm³/mol. The molecule has 0 spiro atoms. The van der Waals surface area contributed by atoms with Crippen molar-refractivity contribution < 1.29 is 33.2 Å². The third-order valence-electron chi connectivity index (χ3n) is 7.33. The van der Waals surface area contributed by atoms with Gasteiger partial charge < -0.3 is 14.0 Å². The van der Waals surface area contributed by atoms with Gasteiger partial charge in [0.15, 0.2) is 0 Å². The van der Waals surface area contributed by atoms with Gasteiger partial charge in [-0.2, -0.15) is 18.2 Å². The minimum Gasteiger partial charge on any atom is -0.505 e. The number of imidazole rings is 1. The summed E-state index contributed by atoms with van der Waals surface area (Å²) in [6, 6.07) is 33.6. The fourth-order valence-corrected chi connectivity index (χ4v) is 5.22. The van der Waals surface area contributed by atoms with Gasteiger partial charge in [-0.1, -0.05) is 63.4 Å². The second kappa shape index (κ2) is 13.5. The molecule has 0 fully saturated rings. The fraction of sp³-hybridized carbons (Fsp3) is 0.184. The van der Waals surface area contributed by atoms with E-state index in [1.54, 1.807) is 12.3 Å². The van der Waals surface area contributed by atoms with E-state index in [2.05, 4.69) is 74.3 Å². The van der Waals surface area contributed by atoms with Gasteiger partial charge in [-0.05, 0) is 59.4 Å². The Hall–Kier alpha value is -4.38. The molecule has 7 rings (SSSR count). The molecule has 0 unspecified atom stereocenters. The number of aromatic nitrogens is 4. The van der Waals surface area contributed by atoms with Crippen molar-refractivity contribution in [1.29, 1.82) is 0 Å². The molecule has 0 N–H and O–H groups in total. The van der Waals surface area contributed by atoms with Gasteiger partial charge >= 0.3 is 20.1 Å². The third-order valence-corrected chi connectivity index (χ3v) is 7.33. The fourth-order valence-electron chi connectivity index (χ4n) is 5.22. The van der Waals surface area contributed by atoms with Gasteiger partial charge in [0.1, 0.15) is 0 Å². The van der Waals surface area contributed by atoms with E-state index >= 15 is 0 Å². The summed E-state index contributed by atoms with van der Waals surface area (Å²) in [4.78, 5) is 8.48. The van der Waals surface area contributed by atoms with E-state index in [0.717, 1.165) is 27.7 Å². The van der Waals surface area contributed by atoms with Gasteiger partial charge in [0.2, 0.25) is 5.71 Å². The number of hydrogen-bond donors (Lipinski definition) is 0. The summed E-state index contributed by atoms with van der Waals surface area (Å²) in [5.41, 5.74) is 7.28. The second-order valence-electron chi connectivity index (χ2n) is 10.9. The van der Waals surface area contributed by atoms with Crippen molar-refractivity contribution in [3.8, 4) is 22.6 Å². The molecule has 5 nitrogen and oxygen atoms in total. The quantitative estimate of drug-likeness (QED) is 0.130. The molecule has 0 bridgehead atoms. The normalized spacial score (nSPS) is 12.4. The third kappa shape index (κ3) is 6.28. The maximum atomic E-state index is 7.65. The number of hydrogen-bond acceptors (Lipinski definition) is 3. The monoisotopic (exact) mass is 758 g/mol. The molecule has 0 radical (unpaired) electrons. The van der Waals surface area contributed by atoms with Crippen LogP contribution in [0.15, 0.2) is 108 Å². The van der Waals surface area contributed by atoms with E-state index in [4.69, 9.17) is 8.53 Å². The molecular weight excluding hydrogens is 721 g/mol. The Balaban J connectivity index is 0.000000280. The Bertz CT molecular complexity index is 2040. The van der Waals surface area contributed by atoms with Crippen molar-refractivity contribution in [2.45, 2.75) is 46.4 Å². The Kier molecular flexibility index (Phi) is 8.34. The maximum Gasteiger partial charge on any atom is 3.00 e. The van der Waals surface area contributed by atoms with Crippen molar-refractivity contribution >= 4 is 22.1 Å². The van der Waals surface area contributed by atoms with Crippen LogP contribution in [0.4, 0.5) is 0 Å². The molecule has 4 aromatic heterocycles. The molecule has 0 saturated heterocycles. The van der Waals surface area contributed by atoms with Gasteiger partial charge in [-0.3, -0.25) is 4.57 Å². The van der Waals surface area contributed by atoms with Crippen LogP contribution >= 0.6 is 0 Å². The van der Waals surface area contributed by atoms with Crippen LogP contribution in [0.1, 0.15) is 60.5 Å². The van der Waals surface area contributed by atoms with Crippen LogP contribution < -0.4 is 4.57 Å². The summed E-state index contributed by atoms with van der Waals surface area (Å²) < 4.78 is 32.9. The molecule has 3 aromatic carbocycles. The van der Waals surface area contributed by atoms with E-state index in [-0.39, 0.29) is 25.8 Å². The minimum atomic E-state index is -2.29. The number of para-hydroxylation sites is 1. The predicted octanol–water partition coefficient (Wildman–Crippen LogP) is 8.75. The standard InChI is InChI=1S/C27H26N3O.C11H8N.Ir/c1-17(2)20-8-6-9-21(18(3)4)25(20)30-15-14-29(16-30)24-11-7-10-22-23-13-12-19(5)28-27(23)31-26(22)24;1-2-6-10(7-3-1)11-8-4-5-9-12-11;/h6-10,12-15,17-18H,1-5H3;1-6,8-9H;/q2*-1;+3/i5D3;;. The van der Waals surface area contributed by atoms with Gasteiger partial charge in [-0.15, -0.1) is 35.9 Å². The Morgan fingerprint density at radius 1 is 0.841 bits per heavy atom. The second-order valence-corrected chi connectivity index (χ2v) is 10.9. The average Bonchev–Trinajstić information content (AvgIpc) is 3.70. The summed E-state index contributed by atoms with van der Waals surface area (Å²) in [7, 11) is 0. The number of rotatable bonds is 5. The van der Waals surface area contributed by atoms with Gasteiger partial charge in [-0.25, -0.2) is 4.98 Å². The zero-order chi connectivity index (χ0) is 32.4. The number of aryl methyl sites for hydroxylation is 1. The Morgan fingerprint density at radius 2 is 1.64 bits per heavy atom. The molecule has 0 amide bonds. The zero-order valence-corrected chi connectivity index (χ0v) is 27.4. The molecule has 0 aliphatic heterocycles. The van der Waals surface area contributed by atoms with Crippen LogP contribution in [-0.2, 0) is 20.1 Å². The summed E-state index contributed by atoms with van der Waals surface area (Å²) in [5, 5.41) is 1.62. The van der Waals surface area contributed by atoms with E-state index in [1.165, 1.54) is 17.2 Å². The molecule has 0 atom stereocenters. The Labute approximate surface area is 276 Å². The van der Waals surface area contributed by atoms with Crippen LogP contribution in [0.25, 0.3) is 44.7 Å². The van der Waals surface area contributed by atoms with E-state index in [1.807, 2.05) is 76.1 Å². The van der Waals surface area contributed by atoms with Gasteiger partial charge in [0.25, 0.3) is 6.33 Å². The molecule has 4 heterocycles. The molecule has 44 heavy (non-hydrogen) atoms. The number of furan rings is 1. The average molecular weight is 758 g/mol. The number of pyridine rings is 2. The van der Waals surface area contributed by atoms with Crippen molar-refractivity contribution in [1.82, 2.24) is 14.5 Å². The molecule has 0 aliphatic carbocycles. The van der Waals surface area contributed by atoms with Crippen molar-refractivity contribution in [3.63, 3.8) is 0 Å². The van der Waals surface area contributed by atoms with Gasteiger partial charge in [0.05, 0.1) is 5.69 Å². The molecule has 0 aliphatic rings. The van der Waals surface area contributed by atoms with Crippen LogP contribution in [0.2, 0.25) is 0 Å². The van der Waals surface area contributed by atoms with Crippen LogP contribution in [-0.4, -0.2) is 14.5 Å². The summed E-state index contributed by atoms with van der Waals surface area (Å²) in [5.74, 6) is 0.726. The molecule has 0 saturated carbocycles. The molecule has 7 aromatic rings. The molecule has 6 heteroatoms. The van der Waals surface area contributed by atoms with E-state index < -0.39 is 6.85 Å². The first kappa shape index (κ1) is 27.2. The van der Waals surface area contributed by atoms with Gasteiger partial charge in [0, 0.05) is 39.4 Å². The number of nitrogens with zero attached hydrogens (tertiary/aromatic N) is 4. The SMILES string of the molecule is [2H]C([2H])([2H])c1ccc2c(n1)oc1c(-[n+]3[c-]n(-c4c(C(C)C)cccc4C(C)C)cc3)[c-]ccc12.[Ir+3].[c-]1ccccc1-c1ccccn1. The zero-order valence-electron chi connectivity index (χ0n) is 28.0. The summed E-state index contributed by atoms with van der Waals surface area (Å²) in [6.07, 6.45) is 9.15. The van der Waals surface area contributed by atoms with Crippen molar-refractivity contribution in [3.05, 3.63) is 139 Å².